The molecule has 0 spiro atoms. The largest absolute Gasteiger partial charge is 0.349 e. The van der Waals surface area contributed by atoms with Crippen molar-refractivity contribution in [2.24, 2.45) is 17.6 Å². The lowest BCUT2D eigenvalue weighted by Gasteiger charge is -2.45. The number of amides is 1. The Bertz CT molecular complexity index is 644. The molecule has 2 bridgehead atoms. The van der Waals surface area contributed by atoms with Gasteiger partial charge in [-0.3, -0.25) is 14.9 Å². The number of hydrogen-bond donors (Lipinski definition) is 2. The minimum Gasteiger partial charge on any atom is -0.349 e. The molecule has 1 aromatic rings. The Hall–Kier alpha value is -1.31. The Morgan fingerprint density at radius 3 is 2.52 bits per heavy atom. The summed E-state index contributed by atoms with van der Waals surface area (Å²) in [5, 5.41) is 14.3. The number of carbonyl (C=O) groups excluding carboxylic acids is 1. The Balaban J connectivity index is 0.00000225. The van der Waals surface area contributed by atoms with Crippen LogP contribution in [0.4, 0.5) is 5.69 Å². The summed E-state index contributed by atoms with van der Waals surface area (Å²) in [7, 11) is 0. The summed E-state index contributed by atoms with van der Waals surface area (Å²) in [6.45, 7) is 0. The van der Waals surface area contributed by atoms with Crippen molar-refractivity contribution in [3.63, 3.8) is 0 Å². The van der Waals surface area contributed by atoms with Crippen molar-refractivity contribution in [1.82, 2.24) is 5.32 Å². The van der Waals surface area contributed by atoms with Crippen molar-refractivity contribution in [1.29, 1.82) is 0 Å². The highest BCUT2D eigenvalue weighted by Crippen LogP contribution is 2.40. The van der Waals surface area contributed by atoms with Gasteiger partial charge in [-0.1, -0.05) is 6.42 Å². The summed E-state index contributed by atoms with van der Waals surface area (Å²) >= 11 is 1.31. The first-order valence-corrected chi connectivity index (χ1v) is 9.61. The number of nitro benzene ring substituents is 1. The lowest BCUT2D eigenvalue weighted by molar-refractivity contribution is -0.387. The molecule has 6 nitrogen and oxygen atoms in total. The second kappa shape index (κ2) is 8.38. The van der Waals surface area contributed by atoms with Gasteiger partial charge in [0, 0.05) is 23.7 Å². The molecule has 1 aromatic carbocycles. The smallest absolute Gasteiger partial charge is 0.283 e. The standard InChI is InChI=1S/C17H23N3O3S.ClH/c1-24-15-6-5-12(9-14(15)20(22)23)17(21)19-16-10-3-2-4-11(16)8-13(18)7-10;/h5-6,9-11,13,16H,2-4,7-8,18H2,1H3,(H,19,21);1H. The maximum Gasteiger partial charge on any atom is 0.283 e. The van der Waals surface area contributed by atoms with E-state index in [4.69, 9.17) is 5.73 Å². The molecule has 2 saturated carbocycles. The number of rotatable bonds is 4. The number of nitrogens with one attached hydrogen (secondary N) is 1. The molecule has 0 saturated heterocycles. The van der Waals surface area contributed by atoms with Crippen LogP contribution in [0.2, 0.25) is 0 Å². The summed E-state index contributed by atoms with van der Waals surface area (Å²) in [6, 6.07) is 5.07. The van der Waals surface area contributed by atoms with Gasteiger partial charge in [-0.05, 0) is 55.9 Å². The molecule has 2 aliphatic rings. The highest BCUT2D eigenvalue weighted by molar-refractivity contribution is 7.98. The van der Waals surface area contributed by atoms with Gasteiger partial charge in [-0.15, -0.1) is 24.2 Å². The van der Waals surface area contributed by atoms with Gasteiger partial charge in [-0.25, -0.2) is 0 Å². The number of nitro groups is 1. The van der Waals surface area contributed by atoms with Gasteiger partial charge in [0.2, 0.25) is 0 Å². The molecule has 2 fully saturated rings. The molecule has 3 rings (SSSR count). The van der Waals surface area contributed by atoms with E-state index >= 15 is 0 Å². The summed E-state index contributed by atoms with van der Waals surface area (Å²) in [4.78, 5) is 23.9. The maximum atomic E-state index is 12.6. The van der Waals surface area contributed by atoms with E-state index in [0.717, 1.165) is 25.7 Å². The fourth-order valence-electron chi connectivity index (χ4n) is 4.23. The molecule has 2 aliphatic carbocycles. The Morgan fingerprint density at radius 2 is 1.96 bits per heavy atom. The average molecular weight is 386 g/mol. The van der Waals surface area contributed by atoms with E-state index in [1.807, 2.05) is 0 Å². The van der Waals surface area contributed by atoms with Crippen molar-refractivity contribution < 1.29 is 9.72 Å². The molecular formula is C17H24ClN3O3S. The van der Waals surface area contributed by atoms with Crippen LogP contribution in [0.3, 0.4) is 0 Å². The summed E-state index contributed by atoms with van der Waals surface area (Å²) < 4.78 is 0. The fraction of sp³-hybridized carbons (Fsp3) is 0.588. The minimum absolute atomic E-state index is 0. The Kier molecular flexibility index (Phi) is 6.71. The first kappa shape index (κ1) is 20.0. The lowest BCUT2D eigenvalue weighted by Crippen LogP contribution is -2.53. The highest BCUT2D eigenvalue weighted by atomic mass is 35.5. The SMILES string of the molecule is CSc1ccc(C(=O)NC2C3CCCC2CC(N)C3)cc1[N+](=O)[O-].Cl. The van der Waals surface area contributed by atoms with E-state index < -0.39 is 4.92 Å². The third-order valence-corrected chi connectivity index (χ3v) is 6.10. The normalized spacial score (nSPS) is 27.9. The van der Waals surface area contributed by atoms with E-state index in [-0.39, 0.29) is 36.1 Å². The topological polar surface area (TPSA) is 98.3 Å². The van der Waals surface area contributed by atoms with Crippen molar-refractivity contribution in [3.8, 4) is 0 Å². The fourth-order valence-corrected chi connectivity index (χ4v) is 4.78. The molecule has 0 radical (unpaired) electrons. The monoisotopic (exact) mass is 385 g/mol. The first-order valence-electron chi connectivity index (χ1n) is 8.38. The second-order valence-corrected chi connectivity index (χ2v) is 7.67. The van der Waals surface area contributed by atoms with Crippen LogP contribution in [0.15, 0.2) is 23.1 Å². The van der Waals surface area contributed by atoms with Gasteiger partial charge in [0.25, 0.3) is 11.6 Å². The molecule has 0 heterocycles. The van der Waals surface area contributed by atoms with Crippen LogP contribution < -0.4 is 11.1 Å². The van der Waals surface area contributed by atoms with Crippen LogP contribution >= 0.6 is 24.2 Å². The molecule has 138 valence electrons. The zero-order chi connectivity index (χ0) is 17.3. The Labute approximate surface area is 157 Å². The number of fused-ring (bicyclic) bond motifs is 2. The predicted molar refractivity (Wildman–Crippen MR) is 101 cm³/mol. The van der Waals surface area contributed by atoms with E-state index in [9.17, 15) is 14.9 Å². The molecule has 2 unspecified atom stereocenters. The van der Waals surface area contributed by atoms with Crippen LogP contribution in [0.1, 0.15) is 42.5 Å². The average Bonchev–Trinajstić information content (AvgIpc) is 2.54. The van der Waals surface area contributed by atoms with E-state index in [1.54, 1.807) is 18.4 Å². The second-order valence-electron chi connectivity index (χ2n) is 6.83. The van der Waals surface area contributed by atoms with Gasteiger partial charge in [0.1, 0.15) is 0 Å². The van der Waals surface area contributed by atoms with Gasteiger partial charge < -0.3 is 11.1 Å². The van der Waals surface area contributed by atoms with Gasteiger partial charge in [0.05, 0.1) is 9.82 Å². The van der Waals surface area contributed by atoms with Gasteiger partial charge in [-0.2, -0.15) is 0 Å². The zero-order valence-corrected chi connectivity index (χ0v) is 15.8. The Morgan fingerprint density at radius 1 is 1.32 bits per heavy atom. The molecule has 0 aromatic heterocycles. The van der Waals surface area contributed by atoms with Crippen LogP contribution in [-0.4, -0.2) is 29.2 Å². The van der Waals surface area contributed by atoms with E-state index in [2.05, 4.69) is 5.32 Å². The van der Waals surface area contributed by atoms with Crippen LogP contribution in [-0.2, 0) is 0 Å². The summed E-state index contributed by atoms with van der Waals surface area (Å²) in [5.74, 6) is 0.636. The molecule has 8 heteroatoms. The molecular weight excluding hydrogens is 362 g/mol. The summed E-state index contributed by atoms with van der Waals surface area (Å²) in [5.41, 5.74) is 6.47. The molecule has 0 aliphatic heterocycles. The van der Waals surface area contributed by atoms with Crippen molar-refractivity contribution in [2.75, 3.05) is 6.26 Å². The van der Waals surface area contributed by atoms with Crippen LogP contribution in [0.25, 0.3) is 0 Å². The summed E-state index contributed by atoms with van der Waals surface area (Å²) in [6.07, 6.45) is 7.08. The highest BCUT2D eigenvalue weighted by Gasteiger charge is 2.40. The zero-order valence-electron chi connectivity index (χ0n) is 14.1. The first-order chi connectivity index (χ1) is 11.5. The van der Waals surface area contributed by atoms with Crippen LogP contribution in [0, 0.1) is 22.0 Å². The number of halogens is 1. The van der Waals surface area contributed by atoms with Crippen molar-refractivity contribution in [2.45, 2.75) is 49.1 Å². The lowest BCUT2D eigenvalue weighted by atomic mass is 9.67. The third-order valence-electron chi connectivity index (χ3n) is 5.31. The number of hydrogen-bond acceptors (Lipinski definition) is 5. The van der Waals surface area contributed by atoms with Gasteiger partial charge >= 0.3 is 0 Å². The molecule has 3 N–H and O–H groups in total. The van der Waals surface area contributed by atoms with E-state index in [0.29, 0.717) is 22.3 Å². The minimum atomic E-state index is -0.434. The number of nitrogens with zero attached hydrogens (tertiary/aromatic N) is 1. The van der Waals surface area contributed by atoms with E-state index in [1.165, 1.54) is 24.2 Å². The number of carbonyl (C=O) groups is 1. The molecule has 2 atom stereocenters. The number of thioether (sulfide) groups is 1. The predicted octanol–water partition coefficient (Wildman–Crippen LogP) is 3.37. The number of benzene rings is 1. The molecule has 1 amide bonds. The number of nitrogens with two attached hydrogens (primary N) is 1. The quantitative estimate of drug-likeness (QED) is 0.470. The van der Waals surface area contributed by atoms with Crippen molar-refractivity contribution in [3.05, 3.63) is 33.9 Å². The maximum absolute atomic E-state index is 12.6. The van der Waals surface area contributed by atoms with Gasteiger partial charge in [0.15, 0.2) is 0 Å². The third kappa shape index (κ3) is 4.27. The van der Waals surface area contributed by atoms with Crippen molar-refractivity contribution >= 4 is 35.8 Å². The molecule has 25 heavy (non-hydrogen) atoms. The van der Waals surface area contributed by atoms with Crippen LogP contribution in [0.5, 0.6) is 0 Å².